The molecule has 2 N–H and O–H groups in total. The van der Waals surface area contributed by atoms with Gasteiger partial charge in [-0.1, -0.05) is 18.7 Å². The second kappa shape index (κ2) is 5.53. The second-order valence-electron chi connectivity index (χ2n) is 3.65. The lowest BCUT2D eigenvalue weighted by molar-refractivity contribution is 0.0702. The number of fused-ring (bicyclic) bond motifs is 1. The van der Waals surface area contributed by atoms with E-state index in [1.807, 2.05) is 0 Å². The lowest BCUT2D eigenvalue weighted by atomic mass is 10.2. The number of aromatic carboxylic acids is 1. The Bertz CT molecular complexity index is 647. The average molecular weight is 277 g/mol. The number of carbonyl (C=O) groups excluding carboxylic acids is 1. The van der Waals surface area contributed by atoms with Gasteiger partial charge in [0.2, 0.25) is 0 Å². The Labute approximate surface area is 113 Å². The number of anilines is 1. The number of carbonyl (C=O) groups is 2. The number of carboxylic acid groups (broad SMARTS) is 1. The summed E-state index contributed by atoms with van der Waals surface area (Å²) in [7, 11) is 0. The van der Waals surface area contributed by atoms with Crippen LogP contribution in [-0.2, 0) is 4.74 Å². The van der Waals surface area contributed by atoms with Crippen LogP contribution in [0.3, 0.4) is 0 Å². The highest BCUT2D eigenvalue weighted by molar-refractivity contribution is 7.20. The third-order valence-electron chi connectivity index (χ3n) is 2.34. The van der Waals surface area contributed by atoms with Gasteiger partial charge in [0, 0.05) is 10.1 Å². The van der Waals surface area contributed by atoms with Crippen molar-refractivity contribution in [3.8, 4) is 0 Å². The van der Waals surface area contributed by atoms with Gasteiger partial charge in [-0.15, -0.1) is 11.3 Å². The summed E-state index contributed by atoms with van der Waals surface area (Å²) in [6, 6.07) is 6.77. The minimum absolute atomic E-state index is 0.117. The molecule has 6 heteroatoms. The van der Waals surface area contributed by atoms with E-state index in [2.05, 4.69) is 11.9 Å². The number of benzene rings is 1. The normalized spacial score (nSPS) is 10.1. The fourth-order valence-electron chi connectivity index (χ4n) is 1.56. The molecule has 2 rings (SSSR count). The SMILES string of the molecule is C=CCOC(=O)Nc1cccc2sc(C(=O)O)cc12. The Balaban J connectivity index is 2.30. The maximum atomic E-state index is 11.5. The van der Waals surface area contributed by atoms with Gasteiger partial charge in [0.1, 0.15) is 11.5 Å². The van der Waals surface area contributed by atoms with E-state index in [1.165, 1.54) is 12.1 Å². The smallest absolute Gasteiger partial charge is 0.411 e. The maximum Gasteiger partial charge on any atom is 0.411 e. The molecule has 0 saturated heterocycles. The molecule has 1 aromatic carbocycles. The zero-order valence-corrected chi connectivity index (χ0v) is 10.7. The van der Waals surface area contributed by atoms with Crippen molar-refractivity contribution in [1.82, 2.24) is 0 Å². The number of nitrogens with one attached hydrogen (secondary N) is 1. The molecule has 5 nitrogen and oxygen atoms in total. The van der Waals surface area contributed by atoms with Gasteiger partial charge < -0.3 is 9.84 Å². The van der Waals surface area contributed by atoms with E-state index in [0.717, 1.165) is 16.0 Å². The second-order valence-corrected chi connectivity index (χ2v) is 4.73. The van der Waals surface area contributed by atoms with Gasteiger partial charge in [0.15, 0.2) is 0 Å². The van der Waals surface area contributed by atoms with Crippen LogP contribution in [0.1, 0.15) is 9.67 Å². The minimum atomic E-state index is -0.985. The molecule has 0 aliphatic rings. The largest absolute Gasteiger partial charge is 0.477 e. The number of hydrogen-bond acceptors (Lipinski definition) is 4. The number of rotatable bonds is 4. The van der Waals surface area contributed by atoms with Crippen molar-refractivity contribution in [3.63, 3.8) is 0 Å². The summed E-state index contributed by atoms with van der Waals surface area (Å²) < 4.78 is 5.61. The molecule has 0 radical (unpaired) electrons. The molecule has 0 atom stereocenters. The molecule has 0 saturated carbocycles. The first-order valence-electron chi connectivity index (χ1n) is 5.42. The molecule has 2 aromatic rings. The summed E-state index contributed by atoms with van der Waals surface area (Å²) in [6.45, 7) is 3.56. The number of thiophene rings is 1. The Morgan fingerprint density at radius 3 is 2.95 bits per heavy atom. The molecule has 0 fully saturated rings. The predicted molar refractivity (Wildman–Crippen MR) is 74.0 cm³/mol. The van der Waals surface area contributed by atoms with Crippen LogP contribution in [0.25, 0.3) is 10.1 Å². The summed E-state index contributed by atoms with van der Waals surface area (Å²) in [5.74, 6) is -0.985. The van der Waals surface area contributed by atoms with Crippen molar-refractivity contribution in [2.75, 3.05) is 11.9 Å². The molecule has 1 heterocycles. The van der Waals surface area contributed by atoms with Crippen LogP contribution in [0, 0.1) is 0 Å². The topological polar surface area (TPSA) is 75.6 Å². The highest BCUT2D eigenvalue weighted by atomic mass is 32.1. The van der Waals surface area contributed by atoms with E-state index in [9.17, 15) is 9.59 Å². The van der Waals surface area contributed by atoms with Crippen LogP contribution in [0.2, 0.25) is 0 Å². The first kappa shape index (κ1) is 13.1. The number of ether oxygens (including phenoxy) is 1. The van der Waals surface area contributed by atoms with Gasteiger partial charge in [-0.05, 0) is 18.2 Å². The molecule has 19 heavy (non-hydrogen) atoms. The van der Waals surface area contributed by atoms with E-state index in [0.29, 0.717) is 11.1 Å². The standard InChI is InChI=1S/C13H11NO4S/c1-2-6-18-13(17)14-9-4-3-5-10-8(9)7-11(19-10)12(15)16/h2-5,7H,1,6H2,(H,14,17)(H,15,16). The Morgan fingerprint density at radius 1 is 1.47 bits per heavy atom. The summed E-state index contributed by atoms with van der Waals surface area (Å²) in [4.78, 5) is 22.6. The predicted octanol–water partition coefficient (Wildman–Crippen LogP) is 3.33. The van der Waals surface area contributed by atoms with Gasteiger partial charge >= 0.3 is 12.1 Å². The molecular formula is C13H11NO4S. The lowest BCUT2D eigenvalue weighted by Gasteiger charge is -2.06. The average Bonchev–Trinajstić information content (AvgIpc) is 2.81. The summed E-state index contributed by atoms with van der Waals surface area (Å²) >= 11 is 1.16. The molecule has 0 spiro atoms. The lowest BCUT2D eigenvalue weighted by Crippen LogP contribution is -2.13. The van der Waals surface area contributed by atoms with Crippen molar-refractivity contribution in [3.05, 3.63) is 41.8 Å². The van der Waals surface area contributed by atoms with Crippen LogP contribution < -0.4 is 5.32 Å². The monoisotopic (exact) mass is 277 g/mol. The molecular weight excluding hydrogens is 266 g/mol. The van der Waals surface area contributed by atoms with Crippen LogP contribution >= 0.6 is 11.3 Å². The zero-order chi connectivity index (χ0) is 13.8. The molecule has 0 aliphatic carbocycles. The van der Waals surface area contributed by atoms with Crippen LogP contribution in [-0.4, -0.2) is 23.8 Å². The Hall–Kier alpha value is -2.34. The van der Waals surface area contributed by atoms with Crippen molar-refractivity contribution < 1.29 is 19.4 Å². The highest BCUT2D eigenvalue weighted by Crippen LogP contribution is 2.31. The quantitative estimate of drug-likeness (QED) is 0.840. The number of hydrogen-bond donors (Lipinski definition) is 2. The summed E-state index contributed by atoms with van der Waals surface area (Å²) in [5, 5.41) is 12.2. The molecule has 98 valence electrons. The number of carboxylic acids is 1. The Kier molecular flexibility index (Phi) is 3.82. The van der Waals surface area contributed by atoms with Crippen molar-refractivity contribution in [2.24, 2.45) is 0 Å². The maximum absolute atomic E-state index is 11.5. The third-order valence-corrected chi connectivity index (χ3v) is 3.43. The van der Waals surface area contributed by atoms with Crippen molar-refractivity contribution in [2.45, 2.75) is 0 Å². The van der Waals surface area contributed by atoms with Gasteiger partial charge in [-0.25, -0.2) is 9.59 Å². The molecule has 0 aliphatic heterocycles. The summed E-state index contributed by atoms with van der Waals surface area (Å²) in [5.41, 5.74) is 0.523. The highest BCUT2D eigenvalue weighted by Gasteiger charge is 2.12. The van der Waals surface area contributed by atoms with Crippen LogP contribution in [0.5, 0.6) is 0 Å². The van der Waals surface area contributed by atoms with Gasteiger partial charge in [-0.3, -0.25) is 5.32 Å². The summed E-state index contributed by atoms with van der Waals surface area (Å²) in [6.07, 6.45) is 0.864. The minimum Gasteiger partial charge on any atom is -0.477 e. The van der Waals surface area contributed by atoms with Gasteiger partial charge in [-0.2, -0.15) is 0 Å². The molecule has 0 unspecified atom stereocenters. The zero-order valence-electron chi connectivity index (χ0n) is 9.88. The molecule has 1 aromatic heterocycles. The first-order valence-corrected chi connectivity index (χ1v) is 6.24. The third kappa shape index (κ3) is 2.92. The fraction of sp³-hybridized carbons (Fsp3) is 0.0769. The van der Waals surface area contributed by atoms with Gasteiger partial charge in [0.05, 0.1) is 5.69 Å². The van der Waals surface area contributed by atoms with Gasteiger partial charge in [0.25, 0.3) is 0 Å². The number of amides is 1. The fourth-order valence-corrected chi connectivity index (χ4v) is 2.48. The molecule has 1 amide bonds. The van der Waals surface area contributed by atoms with E-state index in [4.69, 9.17) is 9.84 Å². The van der Waals surface area contributed by atoms with Crippen molar-refractivity contribution in [1.29, 1.82) is 0 Å². The van der Waals surface area contributed by atoms with E-state index in [-0.39, 0.29) is 11.5 Å². The van der Waals surface area contributed by atoms with Crippen LogP contribution in [0.4, 0.5) is 10.5 Å². The van der Waals surface area contributed by atoms with E-state index in [1.54, 1.807) is 18.2 Å². The Morgan fingerprint density at radius 2 is 2.26 bits per heavy atom. The molecule has 0 bridgehead atoms. The van der Waals surface area contributed by atoms with Crippen LogP contribution in [0.15, 0.2) is 36.9 Å². The van der Waals surface area contributed by atoms with E-state index >= 15 is 0 Å². The first-order chi connectivity index (χ1) is 9.11. The van der Waals surface area contributed by atoms with E-state index < -0.39 is 12.1 Å². The van der Waals surface area contributed by atoms with Crippen molar-refractivity contribution >= 4 is 39.2 Å².